The van der Waals surface area contributed by atoms with E-state index in [-0.39, 0.29) is 31.0 Å². The van der Waals surface area contributed by atoms with Gasteiger partial charge in [-0.15, -0.1) is 0 Å². The third-order valence-corrected chi connectivity index (χ3v) is 7.57. The van der Waals surface area contributed by atoms with E-state index < -0.39 is 29.0 Å². The topological polar surface area (TPSA) is 90.4 Å². The molecule has 1 aliphatic heterocycles. The molecule has 0 saturated carbocycles. The van der Waals surface area contributed by atoms with Crippen LogP contribution >= 0.6 is 0 Å². The third-order valence-electron chi connectivity index (χ3n) is 7.57. The van der Waals surface area contributed by atoms with Crippen molar-refractivity contribution >= 4 is 11.8 Å². The first-order valence-corrected chi connectivity index (χ1v) is 13.4. The number of unbranched alkanes of at least 4 members (excludes halogenated alkanes) is 2. The molecule has 2 heterocycles. The van der Waals surface area contributed by atoms with Gasteiger partial charge in [0.25, 0.3) is 0 Å². The summed E-state index contributed by atoms with van der Waals surface area (Å²) in [7, 11) is 1.59. The van der Waals surface area contributed by atoms with E-state index in [1.165, 1.54) is 18.2 Å². The second-order valence-corrected chi connectivity index (χ2v) is 10.4. The predicted octanol–water partition coefficient (Wildman–Crippen LogP) is 4.73. The average Bonchev–Trinajstić information content (AvgIpc) is 3.37. The van der Waals surface area contributed by atoms with Crippen LogP contribution in [0.5, 0.6) is 5.75 Å². The van der Waals surface area contributed by atoms with Crippen molar-refractivity contribution < 1.29 is 23.1 Å². The molecule has 2 N–H and O–H groups in total. The number of aromatic nitrogens is 2. The number of halogens is 2. The molecule has 0 spiro atoms. The number of rotatable bonds is 13. The van der Waals surface area contributed by atoms with Crippen molar-refractivity contribution in [3.63, 3.8) is 0 Å². The normalized spacial score (nSPS) is 15.0. The van der Waals surface area contributed by atoms with Crippen LogP contribution in [0, 0.1) is 11.6 Å². The standard InChI is InChI=1S/C30H36F2N4O3/c1-3-4-5-15-30(28-24(31)7-6-8-25(28)32)18-36(19-30)29(38)26(16-21-9-12-23(39-2)13-10-21)35-17-22(34-20-35)11-14-27(33)37/h6-10,12-13,17,20,26H,3-5,11,14-16,18-19H2,1-2H3,(H2,33,37)/t26-/m1/s1. The second kappa shape index (κ2) is 12.4. The van der Waals surface area contributed by atoms with Gasteiger partial charge in [0.05, 0.1) is 19.1 Å². The molecular formula is C30H36F2N4O3. The maximum Gasteiger partial charge on any atom is 0.246 e. The van der Waals surface area contributed by atoms with Gasteiger partial charge >= 0.3 is 0 Å². The van der Waals surface area contributed by atoms with Crippen LogP contribution in [0.25, 0.3) is 0 Å². The van der Waals surface area contributed by atoms with Gasteiger partial charge in [0.15, 0.2) is 0 Å². The van der Waals surface area contributed by atoms with Gasteiger partial charge in [-0.2, -0.15) is 0 Å². The van der Waals surface area contributed by atoms with E-state index in [0.29, 0.717) is 30.7 Å². The van der Waals surface area contributed by atoms with Crippen LogP contribution in [0.4, 0.5) is 8.78 Å². The molecule has 39 heavy (non-hydrogen) atoms. The number of carbonyl (C=O) groups excluding carboxylic acids is 2. The van der Waals surface area contributed by atoms with Crippen LogP contribution in [0.2, 0.25) is 0 Å². The predicted molar refractivity (Wildman–Crippen MR) is 144 cm³/mol. The SMILES string of the molecule is CCCCCC1(c2c(F)cccc2F)CN(C(=O)[C@@H](Cc2ccc(OC)cc2)n2cnc(CCC(N)=O)c2)C1. The molecule has 7 nitrogen and oxygen atoms in total. The Hall–Kier alpha value is -3.75. The summed E-state index contributed by atoms with van der Waals surface area (Å²) in [6.45, 7) is 2.57. The van der Waals surface area contributed by atoms with Gasteiger partial charge in [0, 0.05) is 43.1 Å². The van der Waals surface area contributed by atoms with Gasteiger partial charge in [-0.3, -0.25) is 9.59 Å². The van der Waals surface area contributed by atoms with E-state index in [9.17, 15) is 18.4 Å². The average molecular weight is 539 g/mol. The van der Waals surface area contributed by atoms with Gasteiger partial charge in [-0.05, 0) is 42.7 Å². The quantitative estimate of drug-likeness (QED) is 0.319. The lowest BCUT2D eigenvalue weighted by molar-refractivity contribution is -0.143. The summed E-state index contributed by atoms with van der Waals surface area (Å²) >= 11 is 0. The maximum atomic E-state index is 14.9. The highest BCUT2D eigenvalue weighted by atomic mass is 19.1. The van der Waals surface area contributed by atoms with Gasteiger partial charge < -0.3 is 19.9 Å². The molecule has 0 radical (unpaired) electrons. The lowest BCUT2D eigenvalue weighted by Gasteiger charge is -2.52. The number of hydrogen-bond donors (Lipinski definition) is 1. The number of nitrogens with two attached hydrogens (primary N) is 1. The zero-order valence-corrected chi connectivity index (χ0v) is 22.5. The van der Waals surface area contributed by atoms with Crippen molar-refractivity contribution in [1.29, 1.82) is 0 Å². The number of aryl methyl sites for hydroxylation is 1. The van der Waals surface area contributed by atoms with Crippen LogP contribution in [-0.2, 0) is 27.8 Å². The smallest absolute Gasteiger partial charge is 0.246 e. The summed E-state index contributed by atoms with van der Waals surface area (Å²) in [5, 5.41) is 0. The minimum atomic E-state index is -0.757. The molecule has 4 rings (SSSR count). The number of primary amides is 1. The minimum absolute atomic E-state index is 0.0771. The fourth-order valence-electron chi connectivity index (χ4n) is 5.45. The molecule has 1 atom stereocenters. The number of methoxy groups -OCH3 is 1. The van der Waals surface area contributed by atoms with E-state index in [1.807, 2.05) is 24.3 Å². The zero-order valence-electron chi connectivity index (χ0n) is 22.5. The van der Waals surface area contributed by atoms with Crippen molar-refractivity contribution in [2.75, 3.05) is 20.2 Å². The Morgan fingerprint density at radius 3 is 2.41 bits per heavy atom. The molecule has 0 bridgehead atoms. The molecule has 1 aromatic heterocycles. The van der Waals surface area contributed by atoms with Gasteiger partial charge in [-0.25, -0.2) is 13.8 Å². The van der Waals surface area contributed by atoms with E-state index in [1.54, 1.807) is 29.1 Å². The van der Waals surface area contributed by atoms with Crippen LogP contribution < -0.4 is 10.5 Å². The highest BCUT2D eigenvalue weighted by Crippen LogP contribution is 2.43. The van der Waals surface area contributed by atoms with Crippen molar-refractivity contribution in [2.24, 2.45) is 5.73 Å². The molecule has 208 valence electrons. The summed E-state index contributed by atoms with van der Waals surface area (Å²) in [6, 6.07) is 10.8. The lowest BCUT2D eigenvalue weighted by Crippen LogP contribution is -2.63. The van der Waals surface area contributed by atoms with Crippen molar-refractivity contribution in [3.8, 4) is 5.75 Å². The maximum absolute atomic E-state index is 14.9. The first kappa shape index (κ1) is 28.3. The fourth-order valence-corrected chi connectivity index (χ4v) is 5.45. The summed E-state index contributed by atoms with van der Waals surface area (Å²) in [5.41, 5.74) is 6.19. The van der Waals surface area contributed by atoms with Gasteiger partial charge in [-0.1, -0.05) is 44.4 Å². The first-order valence-electron chi connectivity index (χ1n) is 13.4. The molecule has 3 aromatic rings. The monoisotopic (exact) mass is 538 g/mol. The summed E-state index contributed by atoms with van der Waals surface area (Å²) in [4.78, 5) is 31.2. The Bertz CT molecular complexity index is 1270. The zero-order chi connectivity index (χ0) is 28.0. The highest BCUT2D eigenvalue weighted by Gasteiger charge is 2.50. The largest absolute Gasteiger partial charge is 0.497 e. The van der Waals surface area contributed by atoms with E-state index in [2.05, 4.69) is 11.9 Å². The molecule has 1 saturated heterocycles. The van der Waals surface area contributed by atoms with Gasteiger partial charge in [0.1, 0.15) is 23.4 Å². The number of ether oxygens (including phenoxy) is 1. The fraction of sp³-hybridized carbons (Fsp3) is 0.433. The summed E-state index contributed by atoms with van der Waals surface area (Å²) in [5.74, 6) is -0.989. The Morgan fingerprint density at radius 1 is 1.10 bits per heavy atom. The van der Waals surface area contributed by atoms with Crippen LogP contribution in [0.1, 0.15) is 61.9 Å². The minimum Gasteiger partial charge on any atom is -0.497 e. The number of hydrogen-bond acceptors (Lipinski definition) is 4. The van der Waals surface area contributed by atoms with Crippen molar-refractivity contribution in [2.45, 2.75) is 63.3 Å². The summed E-state index contributed by atoms with van der Waals surface area (Å²) in [6.07, 6.45) is 7.66. The third kappa shape index (κ3) is 6.46. The molecule has 9 heteroatoms. The molecule has 0 aliphatic carbocycles. The molecular weight excluding hydrogens is 502 g/mol. The Balaban J connectivity index is 1.59. The van der Waals surface area contributed by atoms with Crippen LogP contribution in [0.15, 0.2) is 55.0 Å². The molecule has 1 fully saturated rings. The van der Waals surface area contributed by atoms with E-state index >= 15 is 0 Å². The van der Waals surface area contributed by atoms with E-state index in [0.717, 1.165) is 24.8 Å². The number of nitrogens with zero attached hydrogens (tertiary/aromatic N) is 3. The number of benzene rings is 2. The number of amides is 2. The Labute approximate surface area is 228 Å². The molecule has 2 amide bonds. The Morgan fingerprint density at radius 2 is 1.79 bits per heavy atom. The number of carbonyl (C=O) groups is 2. The lowest BCUT2D eigenvalue weighted by atomic mass is 9.69. The molecule has 0 unspecified atom stereocenters. The van der Waals surface area contributed by atoms with Crippen molar-refractivity contribution in [1.82, 2.24) is 14.5 Å². The van der Waals surface area contributed by atoms with Crippen LogP contribution in [-0.4, -0.2) is 46.5 Å². The first-order chi connectivity index (χ1) is 18.8. The van der Waals surface area contributed by atoms with Crippen molar-refractivity contribution in [3.05, 3.63) is 83.4 Å². The molecule has 2 aromatic carbocycles. The Kier molecular flexibility index (Phi) is 8.99. The van der Waals surface area contributed by atoms with Crippen LogP contribution in [0.3, 0.4) is 0 Å². The van der Waals surface area contributed by atoms with E-state index in [4.69, 9.17) is 10.5 Å². The van der Waals surface area contributed by atoms with Gasteiger partial charge in [0.2, 0.25) is 11.8 Å². The molecule has 1 aliphatic rings. The number of likely N-dealkylation sites (tertiary alicyclic amines) is 1. The summed E-state index contributed by atoms with van der Waals surface area (Å²) < 4.78 is 36.8. The number of imidazole rings is 1. The second-order valence-electron chi connectivity index (χ2n) is 10.4. The highest BCUT2D eigenvalue weighted by molar-refractivity contribution is 5.82.